The van der Waals surface area contributed by atoms with Crippen molar-refractivity contribution in [2.45, 2.75) is 113 Å². The van der Waals surface area contributed by atoms with E-state index in [9.17, 15) is 14.7 Å². The molecular formula is C34H53NO5. The number of aliphatic hydroxyl groups is 1. The summed E-state index contributed by atoms with van der Waals surface area (Å²) in [4.78, 5) is 28.8. The van der Waals surface area contributed by atoms with Gasteiger partial charge in [0.1, 0.15) is 6.61 Å². The summed E-state index contributed by atoms with van der Waals surface area (Å²) in [5, 5.41) is 15.1. The van der Waals surface area contributed by atoms with Gasteiger partial charge in [0.25, 0.3) is 0 Å². The Morgan fingerprint density at radius 3 is 2.25 bits per heavy atom. The molecule has 5 rings (SSSR count). The normalized spacial score (nSPS) is 48.8. The van der Waals surface area contributed by atoms with E-state index in [0.717, 1.165) is 44.2 Å². The minimum absolute atomic E-state index is 0.0631. The molecule has 0 heterocycles. The monoisotopic (exact) mass is 555 g/mol. The number of esters is 1. The standard InChI is InChI=1S/C34H53NO5/c1-21(2)24-11-16-34(19-36)18-17-32(7)25(29(24)34)9-10-27-30(5)14-13-28(35-40-23(4)38)31(6,20-39-22(3)37)26(30)12-15-33(27,32)8/h24-27,29,36H,1,9-20H2,2-8H3/t24-,25+,26+,27+,29+,30-,31+,32+,33+,34+/m0/s1. The number of nitrogens with zero attached hydrogens (tertiary/aromatic N) is 1. The molecule has 5 aliphatic carbocycles. The van der Waals surface area contributed by atoms with Crippen LogP contribution in [0.1, 0.15) is 113 Å². The van der Waals surface area contributed by atoms with E-state index in [1.807, 2.05) is 0 Å². The van der Waals surface area contributed by atoms with E-state index in [-0.39, 0.29) is 40.2 Å². The summed E-state index contributed by atoms with van der Waals surface area (Å²) >= 11 is 0. The molecule has 5 saturated carbocycles. The number of hydrogen-bond donors (Lipinski definition) is 1. The fraction of sp³-hybridized carbons (Fsp3) is 0.853. The molecule has 0 aliphatic heterocycles. The Balaban J connectivity index is 1.52. The van der Waals surface area contributed by atoms with Gasteiger partial charge >= 0.3 is 11.9 Å². The quantitative estimate of drug-likeness (QED) is 0.169. The van der Waals surface area contributed by atoms with Crippen molar-refractivity contribution in [2.24, 2.45) is 61.8 Å². The lowest BCUT2D eigenvalue weighted by Crippen LogP contribution is -2.67. The topological polar surface area (TPSA) is 85.2 Å². The molecule has 40 heavy (non-hydrogen) atoms. The molecule has 0 spiro atoms. The first-order valence-electron chi connectivity index (χ1n) is 15.8. The van der Waals surface area contributed by atoms with Crippen LogP contribution in [0.4, 0.5) is 0 Å². The van der Waals surface area contributed by atoms with Gasteiger partial charge in [0.2, 0.25) is 0 Å². The molecule has 0 saturated heterocycles. The van der Waals surface area contributed by atoms with Gasteiger partial charge in [-0.05, 0) is 122 Å². The van der Waals surface area contributed by atoms with Gasteiger partial charge in [-0.15, -0.1) is 0 Å². The van der Waals surface area contributed by atoms with E-state index >= 15 is 0 Å². The zero-order valence-corrected chi connectivity index (χ0v) is 26.1. The van der Waals surface area contributed by atoms with Gasteiger partial charge < -0.3 is 14.7 Å². The Morgan fingerprint density at radius 2 is 1.62 bits per heavy atom. The minimum Gasteiger partial charge on any atom is -0.465 e. The third-order valence-electron chi connectivity index (χ3n) is 14.0. The second-order valence-electron chi connectivity index (χ2n) is 15.5. The summed E-state index contributed by atoms with van der Waals surface area (Å²) in [6, 6.07) is 0. The molecular weight excluding hydrogens is 502 g/mol. The van der Waals surface area contributed by atoms with Gasteiger partial charge in [0.05, 0.1) is 5.71 Å². The number of carbonyl (C=O) groups excluding carboxylic acids is 2. The van der Waals surface area contributed by atoms with Crippen LogP contribution in [0.5, 0.6) is 0 Å². The number of allylic oxidation sites excluding steroid dienone is 1. The van der Waals surface area contributed by atoms with Gasteiger partial charge in [-0.1, -0.05) is 45.0 Å². The summed E-state index contributed by atoms with van der Waals surface area (Å²) in [6.45, 7) is 20.0. The van der Waals surface area contributed by atoms with Crippen LogP contribution in [-0.4, -0.2) is 36.0 Å². The van der Waals surface area contributed by atoms with Crippen LogP contribution in [-0.2, 0) is 19.2 Å². The third-order valence-corrected chi connectivity index (χ3v) is 14.0. The van der Waals surface area contributed by atoms with Gasteiger partial charge in [0, 0.05) is 25.9 Å². The van der Waals surface area contributed by atoms with E-state index in [4.69, 9.17) is 9.57 Å². The Morgan fingerprint density at radius 1 is 0.900 bits per heavy atom. The highest BCUT2D eigenvalue weighted by Crippen LogP contribution is 2.77. The molecule has 224 valence electrons. The predicted molar refractivity (Wildman–Crippen MR) is 156 cm³/mol. The highest BCUT2D eigenvalue weighted by molar-refractivity contribution is 5.91. The molecule has 5 aliphatic rings. The maximum atomic E-state index is 12.0. The maximum Gasteiger partial charge on any atom is 0.331 e. The van der Waals surface area contributed by atoms with Crippen LogP contribution in [0.25, 0.3) is 0 Å². The van der Waals surface area contributed by atoms with Crippen molar-refractivity contribution < 1.29 is 24.3 Å². The molecule has 0 aromatic heterocycles. The van der Waals surface area contributed by atoms with Crippen molar-refractivity contribution in [3.63, 3.8) is 0 Å². The first-order chi connectivity index (χ1) is 18.7. The Kier molecular flexibility index (Phi) is 7.41. The van der Waals surface area contributed by atoms with Gasteiger partial charge in [-0.25, -0.2) is 4.79 Å². The zero-order chi connectivity index (χ0) is 29.3. The SMILES string of the molecule is C=C(C)[C@@H]1CC[C@]2(CO)CC[C@]3(C)[C@H](CC[C@@H]4[C@@]5(C)CCC(=NOC(C)=O)[C@](C)(COC(C)=O)[C@@H]5CC[C@]43C)[C@@H]12. The van der Waals surface area contributed by atoms with Crippen molar-refractivity contribution >= 4 is 17.7 Å². The molecule has 0 bridgehead atoms. The second kappa shape index (κ2) is 9.95. The van der Waals surface area contributed by atoms with Crippen LogP contribution >= 0.6 is 0 Å². The van der Waals surface area contributed by atoms with Crippen LogP contribution in [0.3, 0.4) is 0 Å². The van der Waals surface area contributed by atoms with Crippen LogP contribution in [0, 0.1) is 56.7 Å². The van der Waals surface area contributed by atoms with Crippen LogP contribution in [0.15, 0.2) is 17.3 Å². The molecule has 0 radical (unpaired) electrons. The highest BCUT2D eigenvalue weighted by Gasteiger charge is 2.71. The van der Waals surface area contributed by atoms with Crippen molar-refractivity contribution in [3.05, 3.63) is 12.2 Å². The highest BCUT2D eigenvalue weighted by atomic mass is 16.7. The number of ether oxygens (including phenoxy) is 1. The first kappa shape index (κ1) is 29.8. The van der Waals surface area contributed by atoms with E-state index in [0.29, 0.717) is 30.3 Å². The van der Waals surface area contributed by atoms with E-state index in [2.05, 4.69) is 46.4 Å². The van der Waals surface area contributed by atoms with Gasteiger partial charge in [0.15, 0.2) is 0 Å². The molecule has 0 unspecified atom stereocenters. The zero-order valence-electron chi connectivity index (χ0n) is 26.1. The number of fused-ring (bicyclic) bond motifs is 7. The molecule has 10 atom stereocenters. The molecule has 0 amide bonds. The van der Waals surface area contributed by atoms with E-state index < -0.39 is 11.4 Å². The fourth-order valence-electron chi connectivity index (χ4n) is 11.9. The number of carbonyl (C=O) groups is 2. The van der Waals surface area contributed by atoms with E-state index in [1.54, 1.807) is 0 Å². The largest absolute Gasteiger partial charge is 0.465 e. The number of aliphatic hydroxyl groups excluding tert-OH is 1. The van der Waals surface area contributed by atoms with Crippen molar-refractivity contribution in [2.75, 3.05) is 13.2 Å². The average molecular weight is 556 g/mol. The lowest BCUT2D eigenvalue weighted by atomic mass is 9.32. The maximum absolute atomic E-state index is 12.0. The molecule has 6 heteroatoms. The molecule has 1 N–H and O–H groups in total. The Labute approximate surface area is 241 Å². The lowest BCUT2D eigenvalue weighted by Gasteiger charge is -2.72. The summed E-state index contributed by atoms with van der Waals surface area (Å²) in [6.07, 6.45) is 11.0. The molecule has 5 fully saturated rings. The van der Waals surface area contributed by atoms with E-state index in [1.165, 1.54) is 45.1 Å². The lowest BCUT2D eigenvalue weighted by molar-refractivity contribution is -0.233. The first-order valence-corrected chi connectivity index (χ1v) is 15.8. The summed E-state index contributed by atoms with van der Waals surface area (Å²) in [5.74, 6) is 1.79. The molecule has 0 aromatic rings. The predicted octanol–water partition coefficient (Wildman–Crippen LogP) is 7.10. The molecule has 0 aromatic carbocycles. The smallest absolute Gasteiger partial charge is 0.331 e. The minimum atomic E-state index is -0.470. The number of rotatable bonds is 5. The molecule has 6 nitrogen and oxygen atoms in total. The van der Waals surface area contributed by atoms with Crippen molar-refractivity contribution in [1.29, 1.82) is 0 Å². The summed E-state index contributed by atoms with van der Waals surface area (Å²) < 4.78 is 5.70. The number of hydrogen-bond acceptors (Lipinski definition) is 6. The second-order valence-corrected chi connectivity index (χ2v) is 15.5. The fourth-order valence-corrected chi connectivity index (χ4v) is 11.9. The summed E-state index contributed by atoms with van der Waals surface area (Å²) in [5.41, 5.74) is 2.23. The van der Waals surface area contributed by atoms with Crippen LogP contribution < -0.4 is 0 Å². The number of oxime groups is 1. The average Bonchev–Trinajstić information content (AvgIpc) is 3.28. The third kappa shape index (κ3) is 4.08. The van der Waals surface area contributed by atoms with Crippen LogP contribution in [0.2, 0.25) is 0 Å². The van der Waals surface area contributed by atoms with Gasteiger partial charge in [-0.3, -0.25) is 4.79 Å². The van der Waals surface area contributed by atoms with Gasteiger partial charge in [-0.2, -0.15) is 0 Å². The Hall–Kier alpha value is -1.69. The van der Waals surface area contributed by atoms with Crippen molar-refractivity contribution in [3.8, 4) is 0 Å². The summed E-state index contributed by atoms with van der Waals surface area (Å²) in [7, 11) is 0. The Bertz CT molecular complexity index is 1100. The van der Waals surface area contributed by atoms with Crippen molar-refractivity contribution in [1.82, 2.24) is 0 Å².